The molecule has 0 aromatic rings. The Balaban J connectivity index is 2.17. The number of hydrogen-bond donors (Lipinski definition) is 0. The van der Waals surface area contributed by atoms with Gasteiger partial charge in [0.25, 0.3) is 0 Å². The van der Waals surface area contributed by atoms with Crippen LogP contribution in [-0.4, -0.2) is 0 Å². The third kappa shape index (κ3) is 0.605. The van der Waals surface area contributed by atoms with E-state index in [-0.39, 0.29) is 0 Å². The Hall–Kier alpha value is -0.520. The van der Waals surface area contributed by atoms with Gasteiger partial charge in [0.1, 0.15) is 0 Å². The van der Waals surface area contributed by atoms with Gasteiger partial charge in [-0.3, -0.25) is 0 Å². The van der Waals surface area contributed by atoms with E-state index in [0.717, 1.165) is 18.3 Å². The molecule has 2 atom stereocenters. The van der Waals surface area contributed by atoms with Crippen LogP contribution in [0.5, 0.6) is 0 Å². The topological polar surface area (TPSA) is 0 Å². The second-order valence-corrected chi connectivity index (χ2v) is 2.66. The van der Waals surface area contributed by atoms with Gasteiger partial charge in [-0.05, 0) is 24.7 Å². The number of allylic oxidation sites excluding steroid dienone is 4. The zero-order valence-electron chi connectivity index (χ0n) is 4.88. The molecule has 0 aromatic carbocycles. The summed E-state index contributed by atoms with van der Waals surface area (Å²) in [5, 5.41) is 0. The van der Waals surface area contributed by atoms with Crippen molar-refractivity contribution < 1.29 is 0 Å². The first-order chi connectivity index (χ1) is 3.97. The average molecular weight is 106 g/mol. The largest absolute Gasteiger partial charge is 0.0845 e. The first kappa shape index (κ1) is 4.37. The van der Waals surface area contributed by atoms with Crippen LogP contribution in [0.3, 0.4) is 0 Å². The van der Waals surface area contributed by atoms with Crippen molar-refractivity contribution in [2.24, 2.45) is 11.8 Å². The van der Waals surface area contributed by atoms with Crippen LogP contribution in [0.1, 0.15) is 12.8 Å². The third-order valence-electron chi connectivity index (χ3n) is 1.93. The van der Waals surface area contributed by atoms with Crippen LogP contribution >= 0.6 is 0 Å². The monoisotopic (exact) mass is 106 g/mol. The van der Waals surface area contributed by atoms with Crippen LogP contribution in [0.25, 0.3) is 0 Å². The standard InChI is InChI=1S/C8H10/c1-2-4-7-6-8(7)5-3-1/h2-5,7-8H,1,6H2/t7-,8-/m1/s1. The summed E-state index contributed by atoms with van der Waals surface area (Å²) >= 11 is 0. The number of hydrogen-bond acceptors (Lipinski definition) is 0. The van der Waals surface area contributed by atoms with Gasteiger partial charge < -0.3 is 0 Å². The van der Waals surface area contributed by atoms with Crippen LogP contribution in [0.4, 0.5) is 0 Å². The molecule has 1 saturated carbocycles. The van der Waals surface area contributed by atoms with Crippen LogP contribution in [0.15, 0.2) is 24.3 Å². The van der Waals surface area contributed by atoms with Gasteiger partial charge in [-0.2, -0.15) is 0 Å². The zero-order valence-corrected chi connectivity index (χ0v) is 4.88. The zero-order chi connectivity index (χ0) is 5.40. The Morgan fingerprint density at radius 1 is 1.00 bits per heavy atom. The molecule has 0 saturated heterocycles. The van der Waals surface area contributed by atoms with E-state index in [9.17, 15) is 0 Å². The van der Waals surface area contributed by atoms with E-state index in [1.54, 1.807) is 0 Å². The number of fused-ring (bicyclic) bond motifs is 1. The molecule has 1 fully saturated rings. The SMILES string of the molecule is C1=C[C@@H]2C[C@H]2C=CC1. The summed E-state index contributed by atoms with van der Waals surface area (Å²) in [4.78, 5) is 0. The second-order valence-electron chi connectivity index (χ2n) is 2.66. The molecule has 0 amide bonds. The summed E-state index contributed by atoms with van der Waals surface area (Å²) < 4.78 is 0. The molecule has 8 heavy (non-hydrogen) atoms. The van der Waals surface area contributed by atoms with E-state index < -0.39 is 0 Å². The minimum Gasteiger partial charge on any atom is -0.0845 e. The molecule has 0 unspecified atom stereocenters. The Morgan fingerprint density at radius 2 is 1.62 bits per heavy atom. The van der Waals surface area contributed by atoms with Gasteiger partial charge in [0.05, 0.1) is 0 Å². The lowest BCUT2D eigenvalue weighted by Crippen LogP contribution is -1.65. The van der Waals surface area contributed by atoms with Crippen LogP contribution < -0.4 is 0 Å². The van der Waals surface area contributed by atoms with Crippen LogP contribution in [0.2, 0.25) is 0 Å². The fourth-order valence-corrected chi connectivity index (χ4v) is 1.26. The first-order valence-corrected chi connectivity index (χ1v) is 3.30. The molecule has 0 heterocycles. The van der Waals surface area contributed by atoms with Crippen molar-refractivity contribution >= 4 is 0 Å². The molecule has 0 nitrogen and oxygen atoms in total. The minimum absolute atomic E-state index is 0.925. The van der Waals surface area contributed by atoms with E-state index in [4.69, 9.17) is 0 Å². The van der Waals surface area contributed by atoms with Gasteiger partial charge in [0, 0.05) is 0 Å². The van der Waals surface area contributed by atoms with Crippen molar-refractivity contribution in [2.75, 3.05) is 0 Å². The summed E-state index contributed by atoms with van der Waals surface area (Å²) in [5.74, 6) is 1.85. The van der Waals surface area contributed by atoms with E-state index in [0.29, 0.717) is 0 Å². The van der Waals surface area contributed by atoms with Crippen molar-refractivity contribution in [1.82, 2.24) is 0 Å². The molecule has 0 aromatic heterocycles. The van der Waals surface area contributed by atoms with Crippen molar-refractivity contribution in [1.29, 1.82) is 0 Å². The highest BCUT2D eigenvalue weighted by Gasteiger charge is 2.32. The first-order valence-electron chi connectivity index (χ1n) is 3.30. The Morgan fingerprint density at radius 3 is 2.25 bits per heavy atom. The smallest absolute Gasteiger partial charge is 0.0164 e. The highest BCUT2D eigenvalue weighted by molar-refractivity contribution is 5.15. The highest BCUT2D eigenvalue weighted by Crippen LogP contribution is 2.41. The van der Waals surface area contributed by atoms with Gasteiger partial charge in [0.15, 0.2) is 0 Å². The number of rotatable bonds is 0. The van der Waals surface area contributed by atoms with Gasteiger partial charge >= 0.3 is 0 Å². The summed E-state index contributed by atoms with van der Waals surface area (Å²) in [6.07, 6.45) is 11.8. The second kappa shape index (κ2) is 1.48. The Labute approximate surface area is 49.9 Å². The van der Waals surface area contributed by atoms with Crippen LogP contribution in [0, 0.1) is 11.8 Å². The van der Waals surface area contributed by atoms with Gasteiger partial charge in [-0.25, -0.2) is 0 Å². The maximum Gasteiger partial charge on any atom is -0.0164 e. The maximum atomic E-state index is 2.35. The lowest BCUT2D eigenvalue weighted by atomic mass is 10.3. The summed E-state index contributed by atoms with van der Waals surface area (Å²) in [7, 11) is 0. The molecule has 0 aliphatic heterocycles. The average Bonchev–Trinajstić information content (AvgIpc) is 2.36. The lowest BCUT2D eigenvalue weighted by molar-refractivity contribution is 1.00. The highest BCUT2D eigenvalue weighted by atomic mass is 14.4. The lowest BCUT2D eigenvalue weighted by Gasteiger charge is -1.75. The van der Waals surface area contributed by atoms with Crippen LogP contribution in [-0.2, 0) is 0 Å². The Kier molecular flexibility index (Phi) is 0.806. The molecule has 0 N–H and O–H groups in total. The van der Waals surface area contributed by atoms with Gasteiger partial charge in [0.2, 0.25) is 0 Å². The van der Waals surface area contributed by atoms with Crippen molar-refractivity contribution in [3.63, 3.8) is 0 Å². The summed E-state index contributed by atoms with van der Waals surface area (Å²) in [6, 6.07) is 0. The molecule has 2 aliphatic carbocycles. The molecule has 0 heteroatoms. The molecule has 0 radical (unpaired) electrons. The molecular formula is C8H10. The fraction of sp³-hybridized carbons (Fsp3) is 0.500. The molecule has 2 aliphatic rings. The van der Waals surface area contributed by atoms with Crippen molar-refractivity contribution in [2.45, 2.75) is 12.8 Å². The van der Waals surface area contributed by atoms with Gasteiger partial charge in [-0.1, -0.05) is 24.3 Å². The predicted octanol–water partition coefficient (Wildman–Crippen LogP) is 2.14. The van der Waals surface area contributed by atoms with Crippen molar-refractivity contribution in [3.8, 4) is 0 Å². The maximum absolute atomic E-state index is 2.35. The minimum atomic E-state index is 0.925. The predicted molar refractivity (Wildman–Crippen MR) is 34.5 cm³/mol. The Bertz CT molecular complexity index is 126. The molecule has 0 bridgehead atoms. The van der Waals surface area contributed by atoms with E-state index in [1.807, 2.05) is 0 Å². The van der Waals surface area contributed by atoms with E-state index in [1.165, 1.54) is 6.42 Å². The van der Waals surface area contributed by atoms with Gasteiger partial charge in [-0.15, -0.1) is 0 Å². The quantitative estimate of drug-likeness (QED) is 0.415. The molecular weight excluding hydrogens is 96.1 g/mol. The summed E-state index contributed by atoms with van der Waals surface area (Å²) in [6.45, 7) is 0. The van der Waals surface area contributed by atoms with Crippen molar-refractivity contribution in [3.05, 3.63) is 24.3 Å². The third-order valence-corrected chi connectivity index (χ3v) is 1.93. The molecule has 2 rings (SSSR count). The molecule has 42 valence electrons. The van der Waals surface area contributed by atoms with E-state index in [2.05, 4.69) is 24.3 Å². The normalized spacial score (nSPS) is 41.0. The summed E-state index contributed by atoms with van der Waals surface area (Å²) in [5.41, 5.74) is 0. The van der Waals surface area contributed by atoms with E-state index >= 15 is 0 Å². The molecule has 0 spiro atoms. The fourth-order valence-electron chi connectivity index (χ4n) is 1.26.